The van der Waals surface area contributed by atoms with E-state index in [-0.39, 0.29) is 17.3 Å². The first-order valence-corrected chi connectivity index (χ1v) is 15.1. The van der Waals surface area contributed by atoms with Gasteiger partial charge in [-0.1, -0.05) is 74.0 Å². The minimum absolute atomic E-state index is 0.0879. The maximum Gasteiger partial charge on any atom is 0.264 e. The number of rotatable bonds is 11. The molecule has 0 bridgehead atoms. The summed E-state index contributed by atoms with van der Waals surface area (Å²) in [5.74, 6) is -0.740. The van der Waals surface area contributed by atoms with Crippen LogP contribution in [-0.4, -0.2) is 43.3 Å². The van der Waals surface area contributed by atoms with Gasteiger partial charge >= 0.3 is 0 Å². The molecule has 7 nitrogen and oxygen atoms in total. The molecule has 8 heteroatoms. The zero-order valence-corrected chi connectivity index (χ0v) is 25.2. The summed E-state index contributed by atoms with van der Waals surface area (Å²) >= 11 is 0. The predicted octanol–water partition coefficient (Wildman–Crippen LogP) is 5.47. The zero-order chi connectivity index (χ0) is 29.5. The molecule has 0 saturated carbocycles. The smallest absolute Gasteiger partial charge is 0.264 e. The van der Waals surface area contributed by atoms with Crippen LogP contribution in [-0.2, 0) is 32.6 Å². The average molecular weight is 564 g/mol. The molecular formula is C32H41N3O4S. The Morgan fingerprint density at radius 3 is 1.95 bits per heavy atom. The van der Waals surface area contributed by atoms with E-state index in [9.17, 15) is 18.0 Å². The fourth-order valence-corrected chi connectivity index (χ4v) is 5.84. The molecule has 3 aromatic rings. The monoisotopic (exact) mass is 563 g/mol. The molecule has 214 valence electrons. The highest BCUT2D eigenvalue weighted by Crippen LogP contribution is 2.25. The third-order valence-corrected chi connectivity index (χ3v) is 8.39. The van der Waals surface area contributed by atoms with Crippen LogP contribution in [0.15, 0.2) is 83.8 Å². The van der Waals surface area contributed by atoms with Gasteiger partial charge in [0.2, 0.25) is 11.8 Å². The Balaban J connectivity index is 2.06. The lowest BCUT2D eigenvalue weighted by molar-refractivity contribution is -0.141. The van der Waals surface area contributed by atoms with Crippen LogP contribution in [0.25, 0.3) is 0 Å². The number of nitrogens with one attached hydrogen (secondary N) is 1. The van der Waals surface area contributed by atoms with Gasteiger partial charge in [0.1, 0.15) is 12.6 Å². The number of hydrogen-bond donors (Lipinski definition) is 1. The van der Waals surface area contributed by atoms with Gasteiger partial charge in [0, 0.05) is 12.1 Å². The van der Waals surface area contributed by atoms with Crippen LogP contribution in [0.1, 0.15) is 57.7 Å². The fourth-order valence-electron chi connectivity index (χ4n) is 4.41. The summed E-state index contributed by atoms with van der Waals surface area (Å²) in [4.78, 5) is 29.1. The summed E-state index contributed by atoms with van der Waals surface area (Å²) in [5, 5.41) is 2.99. The van der Waals surface area contributed by atoms with E-state index < -0.39 is 34.1 Å². The number of carbonyl (C=O) groups excluding carboxylic acids is 2. The first-order valence-electron chi connectivity index (χ1n) is 13.7. The van der Waals surface area contributed by atoms with Crippen molar-refractivity contribution in [2.45, 2.75) is 77.4 Å². The van der Waals surface area contributed by atoms with Gasteiger partial charge in [-0.2, -0.15) is 0 Å². The summed E-state index contributed by atoms with van der Waals surface area (Å²) < 4.78 is 28.9. The zero-order valence-electron chi connectivity index (χ0n) is 24.3. The molecule has 3 rings (SSSR count). The molecule has 1 atom stereocenters. The van der Waals surface area contributed by atoms with Gasteiger partial charge in [0.05, 0.1) is 10.6 Å². The van der Waals surface area contributed by atoms with E-state index in [4.69, 9.17) is 0 Å². The third-order valence-electron chi connectivity index (χ3n) is 6.60. The maximum atomic E-state index is 14.1. The van der Waals surface area contributed by atoms with Crippen LogP contribution in [0.2, 0.25) is 0 Å². The number of aryl methyl sites for hydroxylation is 2. The summed E-state index contributed by atoms with van der Waals surface area (Å²) in [7, 11) is -4.08. The molecule has 0 spiro atoms. The average Bonchev–Trinajstić information content (AvgIpc) is 2.92. The lowest BCUT2D eigenvalue weighted by atomic mass is 10.1. The summed E-state index contributed by atoms with van der Waals surface area (Å²) in [6, 6.07) is 22.2. The van der Waals surface area contributed by atoms with Crippen molar-refractivity contribution >= 4 is 27.5 Å². The quantitative estimate of drug-likeness (QED) is 0.335. The van der Waals surface area contributed by atoms with E-state index in [1.54, 1.807) is 30.3 Å². The molecule has 40 heavy (non-hydrogen) atoms. The van der Waals surface area contributed by atoms with Crippen molar-refractivity contribution in [2.75, 3.05) is 10.8 Å². The van der Waals surface area contributed by atoms with E-state index in [0.717, 1.165) is 27.4 Å². The minimum Gasteiger partial charge on any atom is -0.350 e. The molecule has 0 heterocycles. The van der Waals surface area contributed by atoms with Crippen molar-refractivity contribution in [2.24, 2.45) is 0 Å². The Hall–Kier alpha value is -3.65. The predicted molar refractivity (Wildman–Crippen MR) is 160 cm³/mol. The van der Waals surface area contributed by atoms with Crippen LogP contribution in [0.4, 0.5) is 5.69 Å². The van der Waals surface area contributed by atoms with Crippen molar-refractivity contribution in [3.05, 3.63) is 95.6 Å². The number of benzene rings is 3. The van der Waals surface area contributed by atoms with Crippen molar-refractivity contribution < 1.29 is 18.0 Å². The van der Waals surface area contributed by atoms with Gasteiger partial charge in [-0.05, 0) is 75.9 Å². The second-order valence-corrected chi connectivity index (χ2v) is 12.9. The fraction of sp³-hybridized carbons (Fsp3) is 0.375. The Bertz CT molecular complexity index is 1380. The van der Waals surface area contributed by atoms with E-state index in [1.165, 1.54) is 17.0 Å². The number of hydrogen-bond acceptors (Lipinski definition) is 4. The Morgan fingerprint density at radius 1 is 0.850 bits per heavy atom. The summed E-state index contributed by atoms with van der Waals surface area (Å²) in [5.41, 5.74) is 2.88. The molecule has 3 aromatic carbocycles. The van der Waals surface area contributed by atoms with Gasteiger partial charge < -0.3 is 10.2 Å². The first kappa shape index (κ1) is 30.9. The molecule has 0 radical (unpaired) electrons. The van der Waals surface area contributed by atoms with Crippen molar-refractivity contribution in [3.63, 3.8) is 0 Å². The van der Waals surface area contributed by atoms with Gasteiger partial charge in [-0.15, -0.1) is 0 Å². The van der Waals surface area contributed by atoms with Crippen LogP contribution >= 0.6 is 0 Å². The minimum atomic E-state index is -4.08. The Morgan fingerprint density at radius 2 is 1.43 bits per heavy atom. The lowest BCUT2D eigenvalue weighted by Crippen LogP contribution is -2.55. The SMILES string of the molecule is CCc1ccc(N(CC(=O)N(Cc2ccc(C)cc2)C(CC)C(=O)NC(C)(C)C)S(=O)(=O)c2ccccc2)cc1. The summed E-state index contributed by atoms with van der Waals surface area (Å²) in [6.07, 6.45) is 1.17. The number of sulfonamides is 1. The maximum absolute atomic E-state index is 14.1. The van der Waals surface area contributed by atoms with Crippen molar-refractivity contribution in [1.29, 1.82) is 0 Å². The van der Waals surface area contributed by atoms with Crippen LogP contribution in [0.3, 0.4) is 0 Å². The standard InChI is InChI=1S/C32H41N3O4S/c1-7-25-18-20-27(21-19-25)35(40(38,39)28-12-10-9-11-13-28)23-30(36)34(22-26-16-14-24(3)15-17-26)29(8-2)31(37)33-32(4,5)6/h9-21,29H,7-8,22-23H2,1-6H3,(H,33,37). The van der Waals surface area contributed by atoms with Crippen LogP contribution < -0.4 is 9.62 Å². The molecule has 0 saturated heterocycles. The molecule has 0 fully saturated rings. The van der Waals surface area contributed by atoms with Gasteiger partial charge in [0.25, 0.3) is 10.0 Å². The normalized spacial score (nSPS) is 12.4. The lowest BCUT2D eigenvalue weighted by Gasteiger charge is -2.34. The second-order valence-electron chi connectivity index (χ2n) is 11.0. The topological polar surface area (TPSA) is 86.8 Å². The van der Waals surface area contributed by atoms with Crippen LogP contribution in [0, 0.1) is 6.92 Å². The Labute approximate surface area is 239 Å². The highest BCUT2D eigenvalue weighted by atomic mass is 32.2. The molecule has 2 amide bonds. The van der Waals surface area contributed by atoms with Crippen molar-refractivity contribution in [3.8, 4) is 0 Å². The molecule has 0 aliphatic heterocycles. The van der Waals surface area contributed by atoms with E-state index in [1.807, 2.05) is 77.9 Å². The van der Waals surface area contributed by atoms with Gasteiger partial charge in [-0.3, -0.25) is 13.9 Å². The van der Waals surface area contributed by atoms with Crippen molar-refractivity contribution in [1.82, 2.24) is 10.2 Å². The first-order chi connectivity index (χ1) is 18.9. The molecule has 0 aliphatic rings. The molecule has 1 unspecified atom stereocenters. The van der Waals surface area contributed by atoms with Gasteiger partial charge in [0.15, 0.2) is 0 Å². The highest BCUT2D eigenvalue weighted by molar-refractivity contribution is 7.92. The second kappa shape index (κ2) is 13.1. The molecule has 1 N–H and O–H groups in total. The largest absolute Gasteiger partial charge is 0.350 e. The third kappa shape index (κ3) is 7.94. The molecule has 0 aromatic heterocycles. The number of carbonyl (C=O) groups is 2. The summed E-state index contributed by atoms with van der Waals surface area (Å²) in [6.45, 7) is 11.2. The number of anilines is 1. The van der Waals surface area contributed by atoms with E-state index >= 15 is 0 Å². The molecule has 0 aliphatic carbocycles. The number of nitrogens with zero attached hydrogens (tertiary/aromatic N) is 2. The number of amides is 2. The van der Waals surface area contributed by atoms with E-state index in [2.05, 4.69) is 5.32 Å². The highest BCUT2D eigenvalue weighted by Gasteiger charge is 2.34. The molecular weight excluding hydrogens is 522 g/mol. The Kier molecular flexibility index (Phi) is 10.1. The van der Waals surface area contributed by atoms with Gasteiger partial charge in [-0.25, -0.2) is 8.42 Å². The van der Waals surface area contributed by atoms with E-state index in [0.29, 0.717) is 12.1 Å². The van der Waals surface area contributed by atoms with Crippen LogP contribution in [0.5, 0.6) is 0 Å².